The fraction of sp³-hybridized carbons (Fsp3) is 0.263. The third-order valence-corrected chi connectivity index (χ3v) is 4.62. The van der Waals surface area contributed by atoms with Crippen LogP contribution in [0.3, 0.4) is 0 Å². The second kappa shape index (κ2) is 6.47. The lowest BCUT2D eigenvalue weighted by molar-refractivity contribution is 0.0786. The number of likely N-dealkylation sites (tertiary alicyclic amines) is 1. The molecule has 1 aliphatic rings. The van der Waals surface area contributed by atoms with Crippen molar-refractivity contribution < 1.29 is 9.32 Å². The quantitative estimate of drug-likeness (QED) is 0.736. The summed E-state index contributed by atoms with van der Waals surface area (Å²) in [4.78, 5) is 23.0. The van der Waals surface area contributed by atoms with Crippen molar-refractivity contribution in [1.82, 2.24) is 20.0 Å². The fourth-order valence-electron chi connectivity index (χ4n) is 3.22. The van der Waals surface area contributed by atoms with Crippen LogP contribution in [0.2, 0.25) is 0 Å². The van der Waals surface area contributed by atoms with Gasteiger partial charge in [-0.1, -0.05) is 42.4 Å². The monoisotopic (exact) mass is 334 g/mol. The summed E-state index contributed by atoms with van der Waals surface area (Å²) in [6.07, 6.45) is 3.27. The molecule has 1 saturated heterocycles. The van der Waals surface area contributed by atoms with Crippen LogP contribution >= 0.6 is 0 Å². The van der Waals surface area contributed by atoms with Gasteiger partial charge in [-0.2, -0.15) is 4.98 Å². The van der Waals surface area contributed by atoms with Gasteiger partial charge in [0.15, 0.2) is 0 Å². The summed E-state index contributed by atoms with van der Waals surface area (Å²) < 4.78 is 5.50. The maximum absolute atomic E-state index is 12.6. The molecule has 1 fully saturated rings. The first kappa shape index (κ1) is 15.5. The Kier molecular flexibility index (Phi) is 4.01. The highest BCUT2D eigenvalue weighted by Crippen LogP contribution is 2.33. The molecule has 2 aromatic heterocycles. The number of aromatic nitrogens is 3. The second-order valence-electron chi connectivity index (χ2n) is 6.35. The number of rotatable bonds is 3. The van der Waals surface area contributed by atoms with Gasteiger partial charge in [0.25, 0.3) is 5.91 Å². The van der Waals surface area contributed by atoms with Crippen LogP contribution < -0.4 is 0 Å². The Morgan fingerprint density at radius 3 is 2.64 bits per heavy atom. The van der Waals surface area contributed by atoms with E-state index in [2.05, 4.69) is 22.0 Å². The van der Waals surface area contributed by atoms with Crippen LogP contribution in [-0.2, 0) is 0 Å². The molecule has 2 atom stereocenters. The summed E-state index contributed by atoms with van der Waals surface area (Å²) >= 11 is 0. The minimum absolute atomic E-state index is 0.0135. The van der Waals surface area contributed by atoms with Gasteiger partial charge in [-0.25, -0.2) is 0 Å². The van der Waals surface area contributed by atoms with Crippen molar-refractivity contribution in [1.29, 1.82) is 0 Å². The molecule has 0 bridgehead atoms. The van der Waals surface area contributed by atoms with Crippen molar-refractivity contribution in [2.24, 2.45) is 5.92 Å². The third-order valence-electron chi connectivity index (χ3n) is 4.62. The summed E-state index contributed by atoms with van der Waals surface area (Å²) in [7, 11) is 0. The van der Waals surface area contributed by atoms with Gasteiger partial charge in [-0.15, -0.1) is 0 Å². The van der Waals surface area contributed by atoms with Gasteiger partial charge in [-0.3, -0.25) is 9.78 Å². The smallest absolute Gasteiger partial charge is 0.253 e. The van der Waals surface area contributed by atoms with Crippen LogP contribution in [0, 0.1) is 5.92 Å². The topological polar surface area (TPSA) is 72.1 Å². The fourth-order valence-corrected chi connectivity index (χ4v) is 3.22. The van der Waals surface area contributed by atoms with Crippen molar-refractivity contribution in [2.45, 2.75) is 12.8 Å². The molecule has 6 heteroatoms. The summed E-state index contributed by atoms with van der Waals surface area (Å²) in [5.41, 5.74) is 1.58. The molecule has 0 spiro atoms. The highest BCUT2D eigenvalue weighted by Gasteiger charge is 2.37. The average molecular weight is 334 g/mol. The maximum atomic E-state index is 12.6. The molecule has 0 N–H and O–H groups in total. The molecule has 3 heterocycles. The first-order chi connectivity index (χ1) is 12.2. The lowest BCUT2D eigenvalue weighted by atomic mass is 9.98. The van der Waals surface area contributed by atoms with E-state index in [0.29, 0.717) is 30.4 Å². The van der Waals surface area contributed by atoms with Crippen LogP contribution in [0.4, 0.5) is 0 Å². The van der Waals surface area contributed by atoms with Crippen molar-refractivity contribution >= 4 is 5.91 Å². The number of hydrogen-bond acceptors (Lipinski definition) is 5. The second-order valence-corrected chi connectivity index (χ2v) is 6.35. The Bertz CT molecular complexity index is 863. The normalized spacial score (nSPS) is 20.0. The predicted octanol–water partition coefficient (Wildman–Crippen LogP) is 3.01. The van der Waals surface area contributed by atoms with E-state index in [-0.39, 0.29) is 17.7 Å². The Morgan fingerprint density at radius 1 is 1.12 bits per heavy atom. The van der Waals surface area contributed by atoms with E-state index in [9.17, 15) is 4.79 Å². The van der Waals surface area contributed by atoms with Crippen LogP contribution in [0.1, 0.15) is 29.1 Å². The van der Waals surface area contributed by atoms with E-state index in [0.717, 1.165) is 5.56 Å². The molecule has 6 nitrogen and oxygen atoms in total. The van der Waals surface area contributed by atoms with Gasteiger partial charge in [0.1, 0.15) is 0 Å². The third kappa shape index (κ3) is 3.03. The molecule has 126 valence electrons. The number of carbonyl (C=O) groups excluding carboxylic acids is 1. The largest absolute Gasteiger partial charge is 0.339 e. The zero-order valence-electron chi connectivity index (χ0n) is 13.9. The van der Waals surface area contributed by atoms with E-state index >= 15 is 0 Å². The molecular weight excluding hydrogens is 316 g/mol. The van der Waals surface area contributed by atoms with Crippen molar-refractivity contribution in [3.05, 3.63) is 66.3 Å². The van der Waals surface area contributed by atoms with E-state index in [1.54, 1.807) is 24.5 Å². The Labute approximate surface area is 145 Å². The SMILES string of the molecule is C[C@@H]1CN(C(=O)c2ccncc2)C[C@H]1c1nc(-c2ccccc2)no1. The number of amides is 1. The molecule has 1 aliphatic heterocycles. The number of carbonyl (C=O) groups is 1. The van der Waals surface area contributed by atoms with Gasteiger partial charge in [0.05, 0.1) is 5.92 Å². The number of hydrogen-bond donors (Lipinski definition) is 0. The highest BCUT2D eigenvalue weighted by atomic mass is 16.5. The summed E-state index contributed by atoms with van der Waals surface area (Å²) in [6, 6.07) is 13.2. The number of benzene rings is 1. The number of pyridine rings is 1. The summed E-state index contributed by atoms with van der Waals surface area (Å²) in [5.74, 6) is 1.50. The lowest BCUT2D eigenvalue weighted by Gasteiger charge is -2.15. The van der Waals surface area contributed by atoms with Gasteiger partial charge in [0, 0.05) is 36.6 Å². The predicted molar refractivity (Wildman–Crippen MR) is 91.8 cm³/mol. The minimum Gasteiger partial charge on any atom is -0.339 e. The standard InChI is InChI=1S/C19H18N4O2/c1-13-11-23(19(24)15-7-9-20-10-8-15)12-16(13)18-21-17(22-25-18)14-5-3-2-4-6-14/h2-10,13,16H,11-12H2,1H3/t13-,16-/m1/s1. The van der Waals surface area contributed by atoms with Crippen molar-refractivity contribution in [3.63, 3.8) is 0 Å². The Balaban J connectivity index is 1.52. The molecule has 0 unspecified atom stereocenters. The average Bonchev–Trinajstić information content (AvgIpc) is 3.29. The maximum Gasteiger partial charge on any atom is 0.253 e. The van der Waals surface area contributed by atoms with Crippen molar-refractivity contribution in [3.8, 4) is 11.4 Å². The van der Waals surface area contributed by atoms with E-state index in [1.807, 2.05) is 35.2 Å². The molecule has 25 heavy (non-hydrogen) atoms. The highest BCUT2D eigenvalue weighted by molar-refractivity contribution is 5.94. The zero-order valence-corrected chi connectivity index (χ0v) is 13.9. The van der Waals surface area contributed by atoms with Gasteiger partial charge < -0.3 is 9.42 Å². The molecule has 0 aliphatic carbocycles. The van der Waals surface area contributed by atoms with Crippen LogP contribution in [0.5, 0.6) is 0 Å². The molecule has 0 radical (unpaired) electrons. The van der Waals surface area contributed by atoms with Gasteiger partial charge >= 0.3 is 0 Å². The van der Waals surface area contributed by atoms with E-state index in [4.69, 9.17) is 4.52 Å². The molecule has 3 aromatic rings. The van der Waals surface area contributed by atoms with Crippen LogP contribution in [0.25, 0.3) is 11.4 Å². The Hall–Kier alpha value is -3.02. The van der Waals surface area contributed by atoms with Gasteiger partial charge in [0.2, 0.25) is 11.7 Å². The van der Waals surface area contributed by atoms with Gasteiger partial charge in [-0.05, 0) is 18.1 Å². The molecule has 4 rings (SSSR count). The minimum atomic E-state index is 0.0135. The van der Waals surface area contributed by atoms with E-state index < -0.39 is 0 Å². The molecule has 1 aromatic carbocycles. The van der Waals surface area contributed by atoms with Crippen LogP contribution in [0.15, 0.2) is 59.4 Å². The van der Waals surface area contributed by atoms with E-state index in [1.165, 1.54) is 0 Å². The number of nitrogens with zero attached hydrogens (tertiary/aromatic N) is 4. The Morgan fingerprint density at radius 2 is 1.88 bits per heavy atom. The molecule has 1 amide bonds. The molecule has 0 saturated carbocycles. The van der Waals surface area contributed by atoms with Crippen molar-refractivity contribution in [2.75, 3.05) is 13.1 Å². The first-order valence-electron chi connectivity index (χ1n) is 8.30. The summed E-state index contributed by atoms with van der Waals surface area (Å²) in [5, 5.41) is 4.10. The summed E-state index contributed by atoms with van der Waals surface area (Å²) in [6.45, 7) is 3.37. The molecular formula is C19H18N4O2. The zero-order chi connectivity index (χ0) is 17.2. The first-order valence-corrected chi connectivity index (χ1v) is 8.30. The lowest BCUT2D eigenvalue weighted by Crippen LogP contribution is -2.28. The van der Waals surface area contributed by atoms with Crippen LogP contribution in [-0.4, -0.2) is 39.0 Å².